The fourth-order valence-corrected chi connectivity index (χ4v) is 2.78. The van der Waals surface area contributed by atoms with E-state index in [2.05, 4.69) is 31.2 Å². The Labute approximate surface area is 169 Å². The summed E-state index contributed by atoms with van der Waals surface area (Å²) in [7, 11) is 0. The molecule has 9 heteroatoms. The maximum absolute atomic E-state index is 12.1. The van der Waals surface area contributed by atoms with Crippen molar-refractivity contribution < 1.29 is 9.53 Å². The van der Waals surface area contributed by atoms with Crippen LogP contribution in [0.3, 0.4) is 0 Å². The van der Waals surface area contributed by atoms with E-state index in [0.29, 0.717) is 42.8 Å². The van der Waals surface area contributed by atoms with Crippen LogP contribution >= 0.6 is 0 Å². The van der Waals surface area contributed by atoms with Crippen LogP contribution in [0.2, 0.25) is 0 Å². The lowest BCUT2D eigenvalue weighted by Crippen LogP contribution is -2.32. The molecule has 0 saturated carbocycles. The average Bonchev–Trinajstić information content (AvgIpc) is 3.05. The van der Waals surface area contributed by atoms with Crippen LogP contribution in [-0.4, -0.2) is 45.7 Å². The quantitative estimate of drug-likeness (QED) is 0.507. The molecular weight excluding hydrogens is 370 g/mol. The maximum atomic E-state index is 12.1. The molecule has 152 valence electrons. The van der Waals surface area contributed by atoms with Gasteiger partial charge in [-0.3, -0.25) is 0 Å². The van der Waals surface area contributed by atoms with E-state index in [1.165, 1.54) is 0 Å². The molecule has 2 aromatic heterocycles. The molecule has 0 unspecified atom stereocenters. The summed E-state index contributed by atoms with van der Waals surface area (Å²) in [6.07, 6.45) is 0. The monoisotopic (exact) mass is 395 g/mol. The Morgan fingerprint density at radius 1 is 1.10 bits per heavy atom. The minimum absolute atomic E-state index is 0.301. The van der Waals surface area contributed by atoms with Gasteiger partial charge in [-0.2, -0.15) is 5.10 Å². The van der Waals surface area contributed by atoms with Gasteiger partial charge >= 0.3 is 6.03 Å². The number of urea groups is 1. The molecular formula is C20H25N7O2. The van der Waals surface area contributed by atoms with Crippen LogP contribution in [-0.2, 0) is 0 Å². The van der Waals surface area contributed by atoms with E-state index in [-0.39, 0.29) is 6.03 Å². The number of carbonyl (C=O) groups is 1. The van der Waals surface area contributed by atoms with Gasteiger partial charge in [0.15, 0.2) is 5.82 Å². The number of nitrogens with one attached hydrogen (secondary N) is 3. The number of aryl methyl sites for hydroxylation is 2. The van der Waals surface area contributed by atoms with Gasteiger partial charge in [0.2, 0.25) is 0 Å². The highest BCUT2D eigenvalue weighted by molar-refractivity contribution is 5.90. The van der Waals surface area contributed by atoms with Gasteiger partial charge in [0.1, 0.15) is 11.6 Å². The summed E-state index contributed by atoms with van der Waals surface area (Å²) < 4.78 is 7.24. The van der Waals surface area contributed by atoms with Crippen molar-refractivity contribution in [2.45, 2.75) is 20.8 Å². The Balaban J connectivity index is 1.44. The number of nitrogens with zero attached hydrogens (tertiary/aromatic N) is 4. The number of hydrogen-bond acceptors (Lipinski definition) is 6. The van der Waals surface area contributed by atoms with Crippen molar-refractivity contribution in [1.29, 1.82) is 0 Å². The predicted molar refractivity (Wildman–Crippen MR) is 112 cm³/mol. The van der Waals surface area contributed by atoms with Crippen LogP contribution in [0.15, 0.2) is 42.5 Å². The lowest BCUT2D eigenvalue weighted by Gasteiger charge is -2.12. The molecule has 0 aliphatic heterocycles. The molecule has 0 aliphatic rings. The van der Waals surface area contributed by atoms with E-state index in [1.807, 2.05) is 57.2 Å². The largest absolute Gasteiger partial charge is 0.492 e. The molecule has 0 spiro atoms. The highest BCUT2D eigenvalue weighted by Crippen LogP contribution is 2.23. The molecule has 0 saturated heterocycles. The standard InChI is InChI=1S/C20H25N7O2/c1-4-29-17-8-6-5-7-16(17)23-20(28)22-12-11-21-18-9-10-19(25-24-18)27-15(3)13-14(2)26-27/h5-10,13H,4,11-12H2,1-3H3,(H,21,24)(H2,22,23,28). The Morgan fingerprint density at radius 3 is 2.62 bits per heavy atom. The fourth-order valence-electron chi connectivity index (χ4n) is 2.78. The summed E-state index contributed by atoms with van der Waals surface area (Å²) >= 11 is 0. The highest BCUT2D eigenvalue weighted by Gasteiger charge is 2.07. The Hall–Kier alpha value is -3.62. The van der Waals surface area contributed by atoms with Gasteiger partial charge in [0.05, 0.1) is 18.0 Å². The minimum Gasteiger partial charge on any atom is -0.492 e. The summed E-state index contributed by atoms with van der Waals surface area (Å²) in [5.74, 6) is 1.92. The first-order chi connectivity index (χ1) is 14.1. The number of ether oxygens (including phenoxy) is 1. The van der Waals surface area contributed by atoms with E-state index in [4.69, 9.17) is 4.74 Å². The third kappa shape index (κ3) is 5.44. The normalized spacial score (nSPS) is 10.4. The smallest absolute Gasteiger partial charge is 0.319 e. The first-order valence-corrected chi connectivity index (χ1v) is 9.44. The molecule has 0 radical (unpaired) electrons. The number of amides is 2. The third-order valence-corrected chi connectivity index (χ3v) is 4.03. The molecule has 2 heterocycles. The molecule has 0 fully saturated rings. The van der Waals surface area contributed by atoms with Crippen LogP contribution < -0.4 is 20.7 Å². The summed E-state index contributed by atoms with van der Waals surface area (Å²) in [6.45, 7) is 7.26. The minimum atomic E-state index is -0.301. The molecule has 1 aromatic carbocycles. The van der Waals surface area contributed by atoms with Crippen molar-refractivity contribution in [3.8, 4) is 11.6 Å². The molecule has 9 nitrogen and oxygen atoms in total. The number of aromatic nitrogens is 4. The van der Waals surface area contributed by atoms with E-state index >= 15 is 0 Å². The van der Waals surface area contributed by atoms with Gasteiger partial charge in [-0.05, 0) is 51.1 Å². The number of rotatable bonds is 8. The zero-order chi connectivity index (χ0) is 20.6. The first kappa shape index (κ1) is 20.1. The zero-order valence-corrected chi connectivity index (χ0v) is 16.8. The van der Waals surface area contributed by atoms with Gasteiger partial charge < -0.3 is 20.7 Å². The number of para-hydroxylation sites is 2. The van der Waals surface area contributed by atoms with Crippen molar-refractivity contribution in [2.75, 3.05) is 30.3 Å². The second kappa shape index (κ2) is 9.54. The lowest BCUT2D eigenvalue weighted by molar-refractivity contribution is 0.252. The van der Waals surface area contributed by atoms with E-state index in [9.17, 15) is 4.79 Å². The summed E-state index contributed by atoms with van der Waals surface area (Å²) in [4.78, 5) is 12.1. The number of carbonyl (C=O) groups excluding carboxylic acids is 1. The first-order valence-electron chi connectivity index (χ1n) is 9.44. The van der Waals surface area contributed by atoms with E-state index < -0.39 is 0 Å². The maximum Gasteiger partial charge on any atom is 0.319 e. The van der Waals surface area contributed by atoms with Gasteiger partial charge in [-0.1, -0.05) is 12.1 Å². The number of anilines is 2. The molecule has 3 rings (SSSR count). The van der Waals surface area contributed by atoms with Crippen molar-refractivity contribution in [1.82, 2.24) is 25.3 Å². The van der Waals surface area contributed by atoms with E-state index in [1.54, 1.807) is 10.7 Å². The summed E-state index contributed by atoms with van der Waals surface area (Å²) in [6, 6.07) is 12.7. The molecule has 3 aromatic rings. The highest BCUT2D eigenvalue weighted by atomic mass is 16.5. The van der Waals surface area contributed by atoms with Crippen molar-refractivity contribution in [3.05, 3.63) is 53.9 Å². The third-order valence-electron chi connectivity index (χ3n) is 4.03. The zero-order valence-electron chi connectivity index (χ0n) is 16.8. The van der Waals surface area contributed by atoms with Crippen LogP contribution in [0.4, 0.5) is 16.3 Å². The number of hydrogen-bond donors (Lipinski definition) is 3. The molecule has 0 bridgehead atoms. The molecule has 3 N–H and O–H groups in total. The summed E-state index contributed by atoms with van der Waals surface area (Å²) in [5, 5.41) is 21.4. The van der Waals surface area contributed by atoms with Crippen LogP contribution in [0.5, 0.6) is 5.75 Å². The fraction of sp³-hybridized carbons (Fsp3) is 0.300. The Kier molecular flexibility index (Phi) is 6.62. The molecule has 0 atom stereocenters. The second-order valence-corrected chi connectivity index (χ2v) is 6.35. The van der Waals surface area contributed by atoms with E-state index in [0.717, 1.165) is 11.4 Å². The second-order valence-electron chi connectivity index (χ2n) is 6.35. The van der Waals surface area contributed by atoms with Gasteiger partial charge in [0.25, 0.3) is 0 Å². The summed E-state index contributed by atoms with van der Waals surface area (Å²) in [5.41, 5.74) is 2.56. The van der Waals surface area contributed by atoms with Crippen LogP contribution in [0.1, 0.15) is 18.3 Å². The topological polar surface area (TPSA) is 106 Å². The van der Waals surface area contributed by atoms with Crippen molar-refractivity contribution in [3.63, 3.8) is 0 Å². The average molecular weight is 395 g/mol. The van der Waals surface area contributed by atoms with Crippen molar-refractivity contribution in [2.24, 2.45) is 0 Å². The molecule has 2 amide bonds. The Bertz CT molecular complexity index is 954. The molecule has 29 heavy (non-hydrogen) atoms. The van der Waals surface area contributed by atoms with Crippen LogP contribution in [0.25, 0.3) is 5.82 Å². The van der Waals surface area contributed by atoms with Crippen LogP contribution in [0, 0.1) is 13.8 Å². The van der Waals surface area contributed by atoms with Gasteiger partial charge in [-0.15, -0.1) is 10.2 Å². The van der Waals surface area contributed by atoms with Crippen molar-refractivity contribution >= 4 is 17.5 Å². The van der Waals surface area contributed by atoms with Gasteiger partial charge in [0, 0.05) is 18.8 Å². The number of benzene rings is 1. The lowest BCUT2D eigenvalue weighted by atomic mass is 10.3. The Morgan fingerprint density at radius 2 is 1.93 bits per heavy atom. The predicted octanol–water partition coefficient (Wildman–Crippen LogP) is 2.91. The SMILES string of the molecule is CCOc1ccccc1NC(=O)NCCNc1ccc(-n2nc(C)cc2C)nn1. The van der Waals surface area contributed by atoms with Gasteiger partial charge in [-0.25, -0.2) is 9.48 Å². The molecule has 0 aliphatic carbocycles.